The van der Waals surface area contributed by atoms with Crippen LogP contribution in [0, 0.1) is 5.92 Å². The molecule has 0 radical (unpaired) electrons. The summed E-state index contributed by atoms with van der Waals surface area (Å²) in [5, 5.41) is 3.27. The van der Waals surface area contributed by atoms with Gasteiger partial charge in [0.2, 0.25) is 11.8 Å². The van der Waals surface area contributed by atoms with Crippen molar-refractivity contribution in [2.24, 2.45) is 5.92 Å². The van der Waals surface area contributed by atoms with Gasteiger partial charge in [0.15, 0.2) is 0 Å². The normalized spacial score (nSPS) is 17.4. The Balaban J connectivity index is 2.01. The highest BCUT2D eigenvalue weighted by molar-refractivity contribution is 7.99. The fraction of sp³-hybridized carbons (Fsp3) is 0.500. The molecule has 0 spiro atoms. The van der Waals surface area contributed by atoms with Crippen molar-refractivity contribution in [2.45, 2.75) is 26.8 Å². The smallest absolute Gasteiger partial charge is 0.248 e. The molecule has 7 heteroatoms. The molecular formula is C16H21ClN2O3S. The van der Waals surface area contributed by atoms with E-state index in [2.05, 4.69) is 19.2 Å². The summed E-state index contributed by atoms with van der Waals surface area (Å²) in [5.74, 6) is 1.87. The van der Waals surface area contributed by atoms with Crippen molar-refractivity contribution in [3.8, 4) is 5.75 Å². The van der Waals surface area contributed by atoms with Gasteiger partial charge < -0.3 is 15.0 Å². The van der Waals surface area contributed by atoms with Gasteiger partial charge in [-0.15, -0.1) is 11.8 Å². The maximum atomic E-state index is 12.3. The van der Waals surface area contributed by atoms with Crippen LogP contribution >= 0.6 is 23.4 Å². The molecule has 1 N–H and O–H groups in total. The lowest BCUT2D eigenvalue weighted by Gasteiger charge is -2.21. The van der Waals surface area contributed by atoms with Gasteiger partial charge in [-0.2, -0.15) is 0 Å². The van der Waals surface area contributed by atoms with Gasteiger partial charge in [-0.1, -0.05) is 25.4 Å². The second-order valence-electron chi connectivity index (χ2n) is 5.84. The van der Waals surface area contributed by atoms with E-state index >= 15 is 0 Å². The molecule has 23 heavy (non-hydrogen) atoms. The van der Waals surface area contributed by atoms with E-state index in [1.165, 1.54) is 6.92 Å². The monoisotopic (exact) mass is 356 g/mol. The van der Waals surface area contributed by atoms with E-state index in [9.17, 15) is 9.59 Å². The number of hydrogen-bond acceptors (Lipinski definition) is 4. The summed E-state index contributed by atoms with van der Waals surface area (Å²) in [4.78, 5) is 25.5. The topological polar surface area (TPSA) is 58.6 Å². The van der Waals surface area contributed by atoms with Crippen LogP contribution < -0.4 is 10.1 Å². The Kier molecular flexibility index (Phi) is 6.18. The average Bonchev–Trinajstić information content (AvgIpc) is 2.96. The summed E-state index contributed by atoms with van der Waals surface area (Å²) >= 11 is 7.76. The molecule has 5 nitrogen and oxygen atoms in total. The van der Waals surface area contributed by atoms with E-state index in [4.69, 9.17) is 16.3 Å². The minimum absolute atomic E-state index is 0.0920. The number of anilines is 1. The number of nitrogens with zero attached hydrogens (tertiary/aromatic N) is 1. The average molecular weight is 357 g/mol. The SMILES string of the molecule is CC(=O)N1CSC[C@H]1C(=O)Nc1ccc(OCC(C)C)c(Cl)c1. The molecule has 0 aromatic heterocycles. The number of nitrogens with one attached hydrogen (secondary N) is 1. The highest BCUT2D eigenvalue weighted by Crippen LogP contribution is 2.29. The first-order valence-electron chi connectivity index (χ1n) is 7.46. The molecule has 126 valence electrons. The molecule has 1 fully saturated rings. The van der Waals surface area contributed by atoms with E-state index in [1.54, 1.807) is 34.9 Å². The molecule has 1 aromatic rings. The van der Waals surface area contributed by atoms with Crippen LogP contribution in [0.5, 0.6) is 5.75 Å². The van der Waals surface area contributed by atoms with Gasteiger partial charge in [0.25, 0.3) is 0 Å². The van der Waals surface area contributed by atoms with Gasteiger partial charge in [-0.05, 0) is 24.1 Å². The molecule has 1 aliphatic rings. The van der Waals surface area contributed by atoms with E-state index in [0.717, 1.165) is 0 Å². The van der Waals surface area contributed by atoms with E-state index in [-0.39, 0.29) is 11.8 Å². The number of thioether (sulfide) groups is 1. The van der Waals surface area contributed by atoms with Crippen molar-refractivity contribution in [3.05, 3.63) is 23.2 Å². The standard InChI is InChI=1S/C16H21ClN2O3S/c1-10(2)7-22-15-5-4-12(6-13(15)17)18-16(21)14-8-23-9-19(14)11(3)20/h4-6,10,14H,7-9H2,1-3H3,(H,18,21)/t14-/m0/s1. The molecule has 0 bridgehead atoms. The molecule has 1 aliphatic heterocycles. The maximum absolute atomic E-state index is 12.3. The predicted octanol–water partition coefficient (Wildman–Crippen LogP) is 3.23. The molecule has 0 unspecified atom stereocenters. The van der Waals surface area contributed by atoms with Crippen LogP contribution in [-0.2, 0) is 9.59 Å². The zero-order valence-electron chi connectivity index (χ0n) is 13.5. The zero-order chi connectivity index (χ0) is 17.0. The van der Waals surface area contributed by atoms with Crippen molar-refractivity contribution in [1.82, 2.24) is 4.90 Å². The highest BCUT2D eigenvalue weighted by atomic mass is 35.5. The minimum Gasteiger partial charge on any atom is -0.492 e. The number of amides is 2. The third-order valence-corrected chi connectivity index (χ3v) is 4.67. The van der Waals surface area contributed by atoms with Crippen molar-refractivity contribution < 1.29 is 14.3 Å². The summed E-state index contributed by atoms with van der Waals surface area (Å²) in [7, 11) is 0. The number of hydrogen-bond donors (Lipinski definition) is 1. The lowest BCUT2D eigenvalue weighted by atomic mass is 10.2. The maximum Gasteiger partial charge on any atom is 0.248 e. The van der Waals surface area contributed by atoms with Crippen LogP contribution in [0.15, 0.2) is 18.2 Å². The van der Waals surface area contributed by atoms with Crippen molar-refractivity contribution in [1.29, 1.82) is 0 Å². The molecular weight excluding hydrogens is 336 g/mol. The molecule has 2 amide bonds. The Labute approximate surface area is 145 Å². The van der Waals surface area contributed by atoms with Gasteiger partial charge in [0.1, 0.15) is 11.8 Å². The molecule has 1 saturated heterocycles. The number of carbonyl (C=O) groups is 2. The number of halogens is 1. The van der Waals surface area contributed by atoms with Crippen LogP contribution in [-0.4, -0.2) is 41.0 Å². The van der Waals surface area contributed by atoms with Gasteiger partial charge in [0.05, 0.1) is 17.5 Å². The van der Waals surface area contributed by atoms with Crippen molar-refractivity contribution in [3.63, 3.8) is 0 Å². The molecule has 1 atom stereocenters. The van der Waals surface area contributed by atoms with Crippen LogP contribution in [0.3, 0.4) is 0 Å². The summed E-state index contributed by atoms with van der Waals surface area (Å²) in [6.45, 7) is 6.17. The summed E-state index contributed by atoms with van der Waals surface area (Å²) in [6, 6.07) is 4.72. The summed E-state index contributed by atoms with van der Waals surface area (Å²) in [5.41, 5.74) is 0.595. The fourth-order valence-electron chi connectivity index (χ4n) is 2.15. The van der Waals surface area contributed by atoms with Gasteiger partial charge in [-0.25, -0.2) is 0 Å². The number of rotatable bonds is 5. The molecule has 1 heterocycles. The Morgan fingerprint density at radius 3 is 2.83 bits per heavy atom. The van der Waals surface area contributed by atoms with Crippen LogP contribution in [0.25, 0.3) is 0 Å². The Bertz CT molecular complexity index is 595. The quantitative estimate of drug-likeness (QED) is 0.879. The number of ether oxygens (including phenoxy) is 1. The Morgan fingerprint density at radius 1 is 1.48 bits per heavy atom. The molecule has 1 aromatic carbocycles. The lowest BCUT2D eigenvalue weighted by molar-refractivity contribution is -0.134. The number of carbonyl (C=O) groups excluding carboxylic acids is 2. The van der Waals surface area contributed by atoms with E-state index in [1.807, 2.05) is 0 Å². The Hall–Kier alpha value is -1.40. The van der Waals surface area contributed by atoms with Crippen LogP contribution in [0.4, 0.5) is 5.69 Å². The molecule has 0 saturated carbocycles. The van der Waals surface area contributed by atoms with E-state index < -0.39 is 6.04 Å². The van der Waals surface area contributed by atoms with Crippen molar-refractivity contribution in [2.75, 3.05) is 23.6 Å². The Morgan fingerprint density at radius 2 is 2.22 bits per heavy atom. The fourth-order valence-corrected chi connectivity index (χ4v) is 3.60. The first-order chi connectivity index (χ1) is 10.9. The third-order valence-electron chi connectivity index (χ3n) is 3.36. The molecule has 2 rings (SSSR count). The zero-order valence-corrected chi connectivity index (χ0v) is 15.0. The first kappa shape index (κ1) is 17.9. The van der Waals surface area contributed by atoms with Gasteiger partial charge in [-0.3, -0.25) is 9.59 Å². The minimum atomic E-state index is -0.437. The second kappa shape index (κ2) is 7.93. The third kappa shape index (κ3) is 4.78. The lowest BCUT2D eigenvalue weighted by Crippen LogP contribution is -2.43. The highest BCUT2D eigenvalue weighted by Gasteiger charge is 2.32. The van der Waals surface area contributed by atoms with Crippen molar-refractivity contribution >= 4 is 40.9 Å². The summed E-state index contributed by atoms with van der Waals surface area (Å²) < 4.78 is 5.61. The van der Waals surface area contributed by atoms with Gasteiger partial charge in [0, 0.05) is 18.4 Å². The number of benzene rings is 1. The molecule has 0 aliphatic carbocycles. The van der Waals surface area contributed by atoms with E-state index in [0.29, 0.717) is 40.6 Å². The summed E-state index contributed by atoms with van der Waals surface area (Å²) in [6.07, 6.45) is 0. The first-order valence-corrected chi connectivity index (χ1v) is 9.00. The van der Waals surface area contributed by atoms with Gasteiger partial charge >= 0.3 is 0 Å². The second-order valence-corrected chi connectivity index (χ2v) is 7.25. The van der Waals surface area contributed by atoms with Crippen LogP contribution in [0.2, 0.25) is 5.02 Å². The predicted molar refractivity (Wildman–Crippen MR) is 94.0 cm³/mol. The largest absolute Gasteiger partial charge is 0.492 e. The van der Waals surface area contributed by atoms with Crippen LogP contribution in [0.1, 0.15) is 20.8 Å².